The lowest BCUT2D eigenvalue weighted by Crippen LogP contribution is -2.55. The molecule has 2 rings (SSSR count). The number of rotatable bonds is 5. The first-order valence-electron chi connectivity index (χ1n) is 7.38. The van der Waals surface area contributed by atoms with Gasteiger partial charge in [-0.15, -0.1) is 0 Å². The fraction of sp³-hybridized carbons (Fsp3) is 0.647. The Labute approximate surface area is 117 Å². The second-order valence-corrected chi connectivity index (χ2v) is 6.36. The Morgan fingerprint density at radius 3 is 2.68 bits per heavy atom. The molecular formula is C17H27NO. The van der Waals surface area contributed by atoms with Gasteiger partial charge in [-0.3, -0.25) is 0 Å². The molecule has 2 atom stereocenters. The highest BCUT2D eigenvalue weighted by Gasteiger charge is 2.49. The number of ether oxygens (including phenoxy) is 1. The number of methoxy groups -OCH3 is 1. The average molecular weight is 261 g/mol. The van der Waals surface area contributed by atoms with E-state index >= 15 is 0 Å². The van der Waals surface area contributed by atoms with Crippen molar-refractivity contribution in [2.45, 2.75) is 52.5 Å². The highest BCUT2D eigenvalue weighted by molar-refractivity contribution is 5.42. The summed E-state index contributed by atoms with van der Waals surface area (Å²) < 4.78 is 5.55. The minimum Gasteiger partial charge on any atom is -0.496 e. The third kappa shape index (κ3) is 2.64. The molecule has 2 nitrogen and oxygen atoms in total. The van der Waals surface area contributed by atoms with Crippen molar-refractivity contribution in [3.05, 3.63) is 29.3 Å². The van der Waals surface area contributed by atoms with Crippen molar-refractivity contribution in [1.82, 2.24) is 5.32 Å². The van der Waals surface area contributed by atoms with E-state index in [2.05, 4.69) is 51.2 Å². The van der Waals surface area contributed by atoms with Gasteiger partial charge in [-0.05, 0) is 49.3 Å². The molecule has 0 heterocycles. The molecule has 1 aromatic carbocycles. The maximum atomic E-state index is 5.55. The lowest BCUT2D eigenvalue weighted by atomic mass is 9.56. The predicted octanol–water partition coefficient (Wildman–Crippen LogP) is 3.89. The van der Waals surface area contributed by atoms with Crippen LogP contribution in [-0.2, 0) is 0 Å². The van der Waals surface area contributed by atoms with E-state index in [-0.39, 0.29) is 0 Å². The summed E-state index contributed by atoms with van der Waals surface area (Å²) in [5.74, 6) is 1.63. The van der Waals surface area contributed by atoms with Crippen LogP contribution in [0.1, 0.15) is 50.7 Å². The fourth-order valence-electron chi connectivity index (χ4n) is 3.24. The molecule has 0 aliphatic heterocycles. The van der Waals surface area contributed by atoms with Crippen LogP contribution in [0.15, 0.2) is 18.2 Å². The molecule has 0 spiro atoms. The molecule has 1 saturated carbocycles. The lowest BCUT2D eigenvalue weighted by Gasteiger charge is -2.53. The maximum absolute atomic E-state index is 5.55. The molecule has 1 aliphatic carbocycles. The first-order chi connectivity index (χ1) is 9.00. The first kappa shape index (κ1) is 14.4. The van der Waals surface area contributed by atoms with Crippen molar-refractivity contribution in [3.8, 4) is 5.75 Å². The number of aryl methyl sites for hydroxylation is 1. The fourth-order valence-corrected chi connectivity index (χ4v) is 3.24. The predicted molar refractivity (Wildman–Crippen MR) is 81.0 cm³/mol. The zero-order valence-electron chi connectivity index (χ0n) is 12.9. The standard InChI is InChI=1S/C17H27NO/c1-6-9-18-16-11-14(17(16,3)4)13-10-12(2)7-8-15(13)19-5/h7-8,10,14,16,18H,6,9,11H2,1-5H3. The van der Waals surface area contributed by atoms with E-state index < -0.39 is 0 Å². The summed E-state index contributed by atoms with van der Waals surface area (Å²) in [6, 6.07) is 7.15. The normalized spacial score (nSPS) is 24.9. The Balaban J connectivity index is 2.18. The summed E-state index contributed by atoms with van der Waals surface area (Å²) >= 11 is 0. The molecule has 1 N–H and O–H groups in total. The van der Waals surface area contributed by atoms with Gasteiger partial charge in [0.15, 0.2) is 0 Å². The maximum Gasteiger partial charge on any atom is 0.122 e. The summed E-state index contributed by atoms with van der Waals surface area (Å²) in [6.07, 6.45) is 2.41. The van der Waals surface area contributed by atoms with E-state index in [1.807, 2.05) is 0 Å². The van der Waals surface area contributed by atoms with E-state index in [0.29, 0.717) is 17.4 Å². The van der Waals surface area contributed by atoms with Crippen LogP contribution in [0.25, 0.3) is 0 Å². The van der Waals surface area contributed by atoms with E-state index in [1.165, 1.54) is 24.0 Å². The van der Waals surface area contributed by atoms with E-state index in [0.717, 1.165) is 12.3 Å². The minimum absolute atomic E-state index is 0.302. The second kappa shape index (κ2) is 5.54. The Morgan fingerprint density at radius 1 is 1.37 bits per heavy atom. The first-order valence-corrected chi connectivity index (χ1v) is 7.38. The molecule has 0 saturated heterocycles. The summed E-state index contributed by atoms with van der Waals surface area (Å²) in [7, 11) is 1.77. The number of nitrogens with one attached hydrogen (secondary N) is 1. The lowest BCUT2D eigenvalue weighted by molar-refractivity contribution is 0.0678. The molecule has 0 aromatic heterocycles. The number of benzene rings is 1. The van der Waals surface area contributed by atoms with Crippen LogP contribution in [-0.4, -0.2) is 19.7 Å². The van der Waals surface area contributed by atoms with Crippen LogP contribution in [0.2, 0.25) is 0 Å². The van der Waals surface area contributed by atoms with Gasteiger partial charge in [0.25, 0.3) is 0 Å². The zero-order chi connectivity index (χ0) is 14.0. The van der Waals surface area contributed by atoms with Crippen molar-refractivity contribution >= 4 is 0 Å². The second-order valence-electron chi connectivity index (χ2n) is 6.36. The van der Waals surface area contributed by atoms with E-state index in [4.69, 9.17) is 4.74 Å². The molecule has 2 heteroatoms. The summed E-state index contributed by atoms with van der Waals surface area (Å²) in [6.45, 7) is 10.2. The average Bonchev–Trinajstić information content (AvgIpc) is 2.38. The van der Waals surface area contributed by atoms with Gasteiger partial charge in [-0.2, -0.15) is 0 Å². The molecule has 1 fully saturated rings. The van der Waals surface area contributed by atoms with Gasteiger partial charge < -0.3 is 10.1 Å². The molecule has 19 heavy (non-hydrogen) atoms. The van der Waals surface area contributed by atoms with Crippen molar-refractivity contribution in [3.63, 3.8) is 0 Å². The third-order valence-electron chi connectivity index (χ3n) is 4.67. The van der Waals surface area contributed by atoms with Gasteiger partial charge in [0.1, 0.15) is 5.75 Å². The molecule has 0 bridgehead atoms. The minimum atomic E-state index is 0.302. The van der Waals surface area contributed by atoms with Gasteiger partial charge in [0.05, 0.1) is 7.11 Å². The molecule has 2 unspecified atom stereocenters. The quantitative estimate of drug-likeness (QED) is 0.868. The van der Waals surface area contributed by atoms with E-state index in [1.54, 1.807) is 7.11 Å². The Kier molecular flexibility index (Phi) is 4.19. The molecular weight excluding hydrogens is 234 g/mol. The van der Waals surface area contributed by atoms with Gasteiger partial charge in [0, 0.05) is 6.04 Å². The van der Waals surface area contributed by atoms with Crippen LogP contribution < -0.4 is 10.1 Å². The Morgan fingerprint density at radius 2 is 2.11 bits per heavy atom. The summed E-state index contributed by atoms with van der Waals surface area (Å²) in [4.78, 5) is 0. The van der Waals surface area contributed by atoms with Crippen LogP contribution in [0.4, 0.5) is 0 Å². The van der Waals surface area contributed by atoms with Crippen LogP contribution in [0.5, 0.6) is 5.75 Å². The van der Waals surface area contributed by atoms with Crippen molar-refractivity contribution in [2.75, 3.05) is 13.7 Å². The number of hydrogen-bond acceptors (Lipinski definition) is 2. The van der Waals surface area contributed by atoms with Crippen molar-refractivity contribution in [2.24, 2.45) is 5.41 Å². The highest BCUT2D eigenvalue weighted by atomic mass is 16.5. The SMILES string of the molecule is CCCNC1CC(c2cc(C)ccc2OC)C1(C)C. The smallest absolute Gasteiger partial charge is 0.122 e. The molecule has 0 radical (unpaired) electrons. The van der Waals surface area contributed by atoms with Gasteiger partial charge in [-0.25, -0.2) is 0 Å². The van der Waals surface area contributed by atoms with Crippen molar-refractivity contribution in [1.29, 1.82) is 0 Å². The monoisotopic (exact) mass is 261 g/mol. The zero-order valence-corrected chi connectivity index (χ0v) is 12.9. The molecule has 0 amide bonds. The third-order valence-corrected chi connectivity index (χ3v) is 4.67. The van der Waals surface area contributed by atoms with Crippen LogP contribution in [0.3, 0.4) is 0 Å². The molecule has 1 aromatic rings. The summed E-state index contributed by atoms with van der Waals surface area (Å²) in [5, 5.41) is 3.67. The molecule has 106 valence electrons. The van der Waals surface area contributed by atoms with Crippen molar-refractivity contribution < 1.29 is 4.74 Å². The van der Waals surface area contributed by atoms with Gasteiger partial charge in [0.2, 0.25) is 0 Å². The largest absolute Gasteiger partial charge is 0.496 e. The van der Waals surface area contributed by atoms with Crippen LogP contribution >= 0.6 is 0 Å². The topological polar surface area (TPSA) is 21.3 Å². The van der Waals surface area contributed by atoms with Crippen LogP contribution in [0, 0.1) is 12.3 Å². The Hall–Kier alpha value is -1.02. The van der Waals surface area contributed by atoms with E-state index in [9.17, 15) is 0 Å². The van der Waals surface area contributed by atoms with Gasteiger partial charge >= 0.3 is 0 Å². The molecule has 1 aliphatic rings. The summed E-state index contributed by atoms with van der Waals surface area (Å²) in [5.41, 5.74) is 2.99. The Bertz CT molecular complexity index is 439. The number of hydrogen-bond donors (Lipinski definition) is 1. The highest BCUT2D eigenvalue weighted by Crippen LogP contribution is 2.54. The van der Waals surface area contributed by atoms with Gasteiger partial charge in [-0.1, -0.05) is 38.5 Å².